The zero-order chi connectivity index (χ0) is 11.8. The van der Waals surface area contributed by atoms with Crippen LogP contribution in [0.5, 0.6) is 11.5 Å². The van der Waals surface area contributed by atoms with Crippen molar-refractivity contribution in [3.8, 4) is 11.5 Å². The van der Waals surface area contributed by atoms with E-state index in [4.69, 9.17) is 9.84 Å². The van der Waals surface area contributed by atoms with Crippen molar-refractivity contribution in [1.29, 1.82) is 0 Å². The Bertz CT molecular complexity index is 424. The molecule has 0 aliphatic heterocycles. The topological polar surface area (TPSA) is 49.7 Å². The van der Waals surface area contributed by atoms with Crippen LogP contribution in [0.2, 0.25) is 0 Å². The molecule has 4 atom stereocenters. The van der Waals surface area contributed by atoms with Gasteiger partial charge in [0.25, 0.3) is 0 Å². The Morgan fingerprint density at radius 1 is 1.18 bits per heavy atom. The van der Waals surface area contributed by atoms with Gasteiger partial charge in [0.1, 0.15) is 11.5 Å². The minimum atomic E-state index is -0.205. The van der Waals surface area contributed by atoms with Gasteiger partial charge in [-0.05, 0) is 30.7 Å². The summed E-state index contributed by atoms with van der Waals surface area (Å²) in [7, 11) is 0. The largest absolute Gasteiger partial charge is 0.508 e. The predicted octanol–water partition coefficient (Wildman–Crippen LogP) is 1.95. The van der Waals surface area contributed by atoms with E-state index < -0.39 is 0 Å². The Kier molecular flexibility index (Phi) is 2.56. The number of hydrogen-bond donors (Lipinski definition) is 2. The molecule has 2 aliphatic rings. The number of aliphatic hydroxyl groups excluding tert-OH is 1. The maximum absolute atomic E-state index is 9.88. The van der Waals surface area contributed by atoms with Crippen LogP contribution >= 0.6 is 0 Å². The molecule has 3 nitrogen and oxygen atoms in total. The van der Waals surface area contributed by atoms with E-state index in [2.05, 4.69) is 12.2 Å². The lowest BCUT2D eigenvalue weighted by Crippen LogP contribution is -2.20. The van der Waals surface area contributed by atoms with E-state index in [1.165, 1.54) is 0 Å². The van der Waals surface area contributed by atoms with Crippen LogP contribution < -0.4 is 4.74 Å². The maximum atomic E-state index is 9.88. The summed E-state index contributed by atoms with van der Waals surface area (Å²) in [4.78, 5) is 0. The van der Waals surface area contributed by atoms with Crippen molar-refractivity contribution in [2.24, 2.45) is 17.8 Å². The molecular formula is C14H16O3. The van der Waals surface area contributed by atoms with Gasteiger partial charge in [0, 0.05) is 17.8 Å². The highest BCUT2D eigenvalue weighted by Gasteiger charge is 2.43. The molecule has 17 heavy (non-hydrogen) atoms. The molecule has 0 saturated heterocycles. The van der Waals surface area contributed by atoms with Gasteiger partial charge in [-0.2, -0.15) is 0 Å². The number of hydrogen-bond acceptors (Lipinski definition) is 3. The molecule has 3 heteroatoms. The third-order valence-corrected chi connectivity index (χ3v) is 3.83. The second-order valence-corrected chi connectivity index (χ2v) is 4.92. The zero-order valence-electron chi connectivity index (χ0n) is 9.49. The molecule has 0 amide bonds. The van der Waals surface area contributed by atoms with Gasteiger partial charge in [0.15, 0.2) is 0 Å². The second-order valence-electron chi connectivity index (χ2n) is 4.92. The summed E-state index contributed by atoms with van der Waals surface area (Å²) >= 11 is 0. The molecule has 1 aromatic rings. The smallest absolute Gasteiger partial charge is 0.119 e. The molecule has 0 heterocycles. The van der Waals surface area contributed by atoms with Crippen molar-refractivity contribution in [1.82, 2.24) is 0 Å². The molecule has 1 saturated carbocycles. The van der Waals surface area contributed by atoms with E-state index in [0.717, 1.165) is 12.2 Å². The molecule has 2 N–H and O–H groups in total. The van der Waals surface area contributed by atoms with Crippen LogP contribution in [-0.4, -0.2) is 22.9 Å². The third kappa shape index (κ3) is 1.91. The molecule has 0 aromatic heterocycles. The highest BCUT2D eigenvalue weighted by atomic mass is 16.5. The van der Waals surface area contributed by atoms with Crippen LogP contribution in [-0.2, 0) is 0 Å². The Balaban J connectivity index is 1.59. The fourth-order valence-electron chi connectivity index (χ4n) is 2.87. The summed E-state index contributed by atoms with van der Waals surface area (Å²) in [5, 5.41) is 19.0. The lowest BCUT2D eigenvalue weighted by Gasteiger charge is -2.18. The third-order valence-electron chi connectivity index (χ3n) is 3.83. The van der Waals surface area contributed by atoms with Crippen molar-refractivity contribution >= 4 is 0 Å². The first kappa shape index (κ1) is 10.7. The SMILES string of the molecule is Oc1ccc(OCC2CC3C=CC2C3O)cc1. The molecule has 1 fully saturated rings. The van der Waals surface area contributed by atoms with Gasteiger partial charge in [-0.25, -0.2) is 0 Å². The predicted molar refractivity (Wildman–Crippen MR) is 63.8 cm³/mol. The first-order chi connectivity index (χ1) is 8.24. The summed E-state index contributed by atoms with van der Waals surface area (Å²) in [5.41, 5.74) is 0. The van der Waals surface area contributed by atoms with Crippen molar-refractivity contribution in [2.75, 3.05) is 6.61 Å². The first-order valence-corrected chi connectivity index (χ1v) is 6.02. The van der Waals surface area contributed by atoms with Crippen LogP contribution in [0.4, 0.5) is 0 Å². The van der Waals surface area contributed by atoms with E-state index in [9.17, 15) is 5.11 Å². The van der Waals surface area contributed by atoms with E-state index in [1.807, 2.05) is 0 Å². The lowest BCUT2D eigenvalue weighted by atomic mass is 9.94. The van der Waals surface area contributed by atoms with Crippen LogP contribution in [0.3, 0.4) is 0 Å². The summed E-state index contributed by atoms with van der Waals surface area (Å²) in [6.07, 6.45) is 5.04. The van der Waals surface area contributed by atoms with Crippen LogP contribution in [0.25, 0.3) is 0 Å². The number of aliphatic hydroxyl groups is 1. The molecule has 4 unspecified atom stereocenters. The summed E-state index contributed by atoms with van der Waals surface area (Å²) < 4.78 is 5.69. The quantitative estimate of drug-likeness (QED) is 0.783. The monoisotopic (exact) mass is 232 g/mol. The fourth-order valence-corrected chi connectivity index (χ4v) is 2.87. The fraction of sp³-hybridized carbons (Fsp3) is 0.429. The van der Waals surface area contributed by atoms with Crippen LogP contribution in [0.1, 0.15) is 6.42 Å². The number of aromatic hydroxyl groups is 1. The average Bonchev–Trinajstić information content (AvgIpc) is 2.84. The normalized spacial score (nSPS) is 34.2. The van der Waals surface area contributed by atoms with Crippen LogP contribution in [0.15, 0.2) is 36.4 Å². The van der Waals surface area contributed by atoms with Gasteiger partial charge in [-0.15, -0.1) is 0 Å². The molecule has 0 radical (unpaired) electrons. The van der Waals surface area contributed by atoms with Crippen molar-refractivity contribution < 1.29 is 14.9 Å². The average molecular weight is 232 g/mol. The summed E-state index contributed by atoms with van der Waals surface area (Å²) in [6.45, 7) is 0.632. The first-order valence-electron chi connectivity index (χ1n) is 6.02. The Morgan fingerprint density at radius 3 is 2.53 bits per heavy atom. The molecule has 3 rings (SSSR count). The number of rotatable bonds is 3. The zero-order valence-corrected chi connectivity index (χ0v) is 9.49. The molecular weight excluding hydrogens is 216 g/mol. The van der Waals surface area contributed by atoms with Gasteiger partial charge < -0.3 is 14.9 Å². The molecule has 1 aromatic carbocycles. The Labute approximate surface area is 100 Å². The molecule has 2 bridgehead atoms. The van der Waals surface area contributed by atoms with E-state index in [0.29, 0.717) is 18.4 Å². The van der Waals surface area contributed by atoms with Crippen molar-refractivity contribution in [3.63, 3.8) is 0 Å². The van der Waals surface area contributed by atoms with Gasteiger partial charge in [0.2, 0.25) is 0 Å². The van der Waals surface area contributed by atoms with E-state index >= 15 is 0 Å². The summed E-state index contributed by atoms with van der Waals surface area (Å²) in [5.74, 6) is 2.01. The summed E-state index contributed by atoms with van der Waals surface area (Å²) in [6, 6.07) is 6.75. The minimum absolute atomic E-state index is 0.205. The number of fused-ring (bicyclic) bond motifs is 2. The van der Waals surface area contributed by atoms with Gasteiger partial charge >= 0.3 is 0 Å². The van der Waals surface area contributed by atoms with E-state index in [1.54, 1.807) is 24.3 Å². The number of phenolic OH excluding ortho intramolecular Hbond substituents is 1. The van der Waals surface area contributed by atoms with E-state index in [-0.39, 0.29) is 17.8 Å². The van der Waals surface area contributed by atoms with Gasteiger partial charge in [-0.3, -0.25) is 0 Å². The standard InChI is InChI=1S/C14H16O3/c15-11-2-4-12(5-3-11)17-8-10-7-9-1-6-13(10)14(9)16/h1-6,9-10,13-16H,7-8H2. The highest BCUT2D eigenvalue weighted by molar-refractivity contribution is 5.30. The minimum Gasteiger partial charge on any atom is -0.508 e. The number of ether oxygens (including phenoxy) is 1. The van der Waals surface area contributed by atoms with Crippen molar-refractivity contribution in [3.05, 3.63) is 36.4 Å². The van der Waals surface area contributed by atoms with Gasteiger partial charge in [0.05, 0.1) is 12.7 Å². The van der Waals surface area contributed by atoms with Crippen LogP contribution in [0, 0.1) is 17.8 Å². The molecule has 0 spiro atoms. The number of phenols is 1. The number of benzene rings is 1. The Hall–Kier alpha value is -1.48. The molecule has 2 aliphatic carbocycles. The van der Waals surface area contributed by atoms with Crippen molar-refractivity contribution in [2.45, 2.75) is 12.5 Å². The highest BCUT2D eigenvalue weighted by Crippen LogP contribution is 2.43. The second kappa shape index (κ2) is 4.08. The molecule has 90 valence electrons. The van der Waals surface area contributed by atoms with Gasteiger partial charge in [-0.1, -0.05) is 12.2 Å². The lowest BCUT2D eigenvalue weighted by molar-refractivity contribution is 0.121. The Morgan fingerprint density at radius 2 is 1.94 bits per heavy atom. The maximum Gasteiger partial charge on any atom is 0.119 e.